The molecule has 3 aromatic carbocycles. The third-order valence-corrected chi connectivity index (χ3v) is 4.78. The number of anilines is 1. The van der Waals surface area contributed by atoms with Gasteiger partial charge in [0.1, 0.15) is 0 Å². The van der Waals surface area contributed by atoms with Crippen LogP contribution in [0.5, 0.6) is 0 Å². The highest BCUT2D eigenvalue weighted by Crippen LogP contribution is 2.28. The number of hydrogen-bond donors (Lipinski definition) is 1. The predicted molar refractivity (Wildman–Crippen MR) is 111 cm³/mol. The van der Waals surface area contributed by atoms with Crippen LogP contribution in [0.4, 0.5) is 5.69 Å². The summed E-state index contributed by atoms with van der Waals surface area (Å²) in [5.74, 6) is -0.231. The molecule has 0 saturated carbocycles. The molecule has 27 heavy (non-hydrogen) atoms. The molecular weight excluding hydrogens is 332 g/mol. The normalized spacial score (nSPS) is 16.2. The number of allylic oxidation sites excluding steroid dienone is 1. The lowest BCUT2D eigenvalue weighted by Gasteiger charge is -2.18. The van der Waals surface area contributed by atoms with Crippen LogP contribution in [-0.2, 0) is 11.2 Å². The Balaban J connectivity index is 1.59. The Hall–Kier alpha value is -3.46. The lowest BCUT2D eigenvalue weighted by molar-refractivity contribution is -0.113. The molecule has 1 atom stereocenters. The third kappa shape index (κ3) is 3.72. The number of nitrogens with two attached hydrogens (primary N) is 1. The molecule has 0 amide bonds. The fourth-order valence-corrected chi connectivity index (χ4v) is 3.32. The van der Waals surface area contributed by atoms with E-state index in [0.717, 1.165) is 27.9 Å². The molecule has 3 nitrogen and oxygen atoms in total. The van der Waals surface area contributed by atoms with Gasteiger partial charge in [0.25, 0.3) is 0 Å². The van der Waals surface area contributed by atoms with E-state index in [1.165, 1.54) is 0 Å². The summed E-state index contributed by atoms with van der Waals surface area (Å²) in [5.41, 5.74) is 11.3. The molecule has 0 radical (unpaired) electrons. The minimum absolute atomic E-state index is 0.0656. The molecule has 0 aliphatic carbocycles. The van der Waals surface area contributed by atoms with Crippen molar-refractivity contribution in [2.45, 2.75) is 12.3 Å². The highest BCUT2D eigenvalue weighted by atomic mass is 16.1. The summed E-state index contributed by atoms with van der Waals surface area (Å²) in [6, 6.07) is 25.8. The van der Waals surface area contributed by atoms with Crippen molar-refractivity contribution in [2.24, 2.45) is 4.99 Å². The van der Waals surface area contributed by atoms with Crippen molar-refractivity contribution in [2.75, 3.05) is 5.73 Å². The van der Waals surface area contributed by atoms with E-state index in [4.69, 9.17) is 5.73 Å². The molecule has 2 N–H and O–H groups in total. The predicted octanol–water partition coefficient (Wildman–Crippen LogP) is 4.80. The van der Waals surface area contributed by atoms with Crippen LogP contribution in [-0.4, -0.2) is 11.5 Å². The van der Waals surface area contributed by atoms with Crippen molar-refractivity contribution in [1.82, 2.24) is 0 Å². The van der Waals surface area contributed by atoms with E-state index in [2.05, 4.69) is 11.1 Å². The van der Waals surface area contributed by atoms with Gasteiger partial charge in [-0.2, -0.15) is 0 Å². The summed E-state index contributed by atoms with van der Waals surface area (Å²) in [6.07, 6.45) is 4.18. The Kier molecular flexibility index (Phi) is 4.67. The maximum absolute atomic E-state index is 13.0. The molecule has 1 aliphatic rings. The summed E-state index contributed by atoms with van der Waals surface area (Å²) < 4.78 is 0. The molecule has 0 saturated heterocycles. The maximum atomic E-state index is 13.0. The van der Waals surface area contributed by atoms with Crippen molar-refractivity contribution >= 4 is 17.2 Å². The van der Waals surface area contributed by atoms with Crippen LogP contribution in [0.15, 0.2) is 96.1 Å². The van der Waals surface area contributed by atoms with Gasteiger partial charge in [0.2, 0.25) is 0 Å². The minimum Gasteiger partial charge on any atom is -0.399 e. The van der Waals surface area contributed by atoms with E-state index >= 15 is 0 Å². The Bertz CT molecular complexity index is 1020. The number of nitrogen functional groups attached to an aromatic ring is 1. The van der Waals surface area contributed by atoms with Crippen LogP contribution < -0.4 is 5.73 Å². The van der Waals surface area contributed by atoms with Crippen molar-refractivity contribution < 1.29 is 4.79 Å². The zero-order chi connectivity index (χ0) is 18.6. The van der Waals surface area contributed by atoms with Crippen LogP contribution >= 0.6 is 0 Å². The maximum Gasteiger partial charge on any atom is 0.188 e. The fourth-order valence-electron chi connectivity index (χ4n) is 3.32. The van der Waals surface area contributed by atoms with Gasteiger partial charge in [0.15, 0.2) is 5.78 Å². The first-order valence-electron chi connectivity index (χ1n) is 8.98. The SMILES string of the molecule is Nc1ccc(-c2cccc(C3C=CN=C(Cc4ccccc4)C3=O)c2)cc1. The Morgan fingerprint density at radius 1 is 0.852 bits per heavy atom. The number of nitrogens with zero attached hydrogens (tertiary/aromatic N) is 1. The average molecular weight is 352 g/mol. The van der Waals surface area contributed by atoms with Crippen molar-refractivity contribution in [3.63, 3.8) is 0 Å². The van der Waals surface area contributed by atoms with Gasteiger partial charge < -0.3 is 5.73 Å². The molecule has 3 heteroatoms. The first-order valence-corrected chi connectivity index (χ1v) is 8.98. The molecule has 4 rings (SSSR count). The van der Waals surface area contributed by atoms with Gasteiger partial charge in [-0.05, 0) is 34.4 Å². The standard InChI is InChI=1S/C24H20N2O/c25-21-11-9-18(10-12-21)19-7-4-8-20(16-19)22-13-14-26-23(24(22)27)15-17-5-2-1-3-6-17/h1-14,16,22H,15,25H2. The summed E-state index contributed by atoms with van der Waals surface area (Å²) in [7, 11) is 0. The monoisotopic (exact) mass is 352 g/mol. The lowest BCUT2D eigenvalue weighted by Crippen LogP contribution is -2.25. The molecule has 1 heterocycles. The Morgan fingerprint density at radius 2 is 1.63 bits per heavy atom. The van der Waals surface area contributed by atoms with E-state index in [0.29, 0.717) is 12.1 Å². The van der Waals surface area contributed by atoms with E-state index < -0.39 is 0 Å². The molecule has 1 aliphatic heterocycles. The summed E-state index contributed by atoms with van der Waals surface area (Å²) in [6.45, 7) is 0. The van der Waals surface area contributed by atoms with E-state index in [-0.39, 0.29) is 11.7 Å². The number of rotatable bonds is 4. The number of carbonyl (C=O) groups is 1. The minimum atomic E-state index is -0.296. The molecule has 3 aromatic rings. The van der Waals surface area contributed by atoms with Gasteiger partial charge in [-0.25, -0.2) is 0 Å². The molecule has 132 valence electrons. The van der Waals surface area contributed by atoms with Crippen molar-refractivity contribution in [1.29, 1.82) is 0 Å². The molecule has 0 spiro atoms. The molecule has 0 aromatic heterocycles. The first kappa shape index (κ1) is 17.0. The van der Waals surface area contributed by atoms with Crippen LogP contribution in [0.25, 0.3) is 11.1 Å². The van der Waals surface area contributed by atoms with Crippen LogP contribution in [0.2, 0.25) is 0 Å². The van der Waals surface area contributed by atoms with E-state index in [1.54, 1.807) is 6.20 Å². The zero-order valence-corrected chi connectivity index (χ0v) is 14.9. The lowest BCUT2D eigenvalue weighted by atomic mass is 9.87. The number of carbonyl (C=O) groups excluding carboxylic acids is 1. The van der Waals surface area contributed by atoms with Crippen molar-refractivity contribution in [3.8, 4) is 11.1 Å². The van der Waals surface area contributed by atoms with Gasteiger partial charge >= 0.3 is 0 Å². The largest absolute Gasteiger partial charge is 0.399 e. The number of benzene rings is 3. The average Bonchev–Trinajstić information content (AvgIpc) is 2.71. The zero-order valence-electron chi connectivity index (χ0n) is 14.9. The molecule has 0 fully saturated rings. The van der Waals surface area contributed by atoms with Gasteiger partial charge in [0.05, 0.1) is 11.6 Å². The summed E-state index contributed by atoms with van der Waals surface area (Å²) in [4.78, 5) is 17.4. The highest BCUT2D eigenvalue weighted by molar-refractivity contribution is 6.43. The Labute approximate surface area is 158 Å². The Morgan fingerprint density at radius 3 is 2.41 bits per heavy atom. The molecular formula is C24H20N2O. The summed E-state index contributed by atoms with van der Waals surface area (Å²) >= 11 is 0. The molecule has 0 bridgehead atoms. The van der Waals surface area contributed by atoms with Gasteiger partial charge in [-0.15, -0.1) is 0 Å². The first-order chi connectivity index (χ1) is 13.2. The van der Waals surface area contributed by atoms with Crippen LogP contribution in [0, 0.1) is 0 Å². The van der Waals surface area contributed by atoms with Gasteiger partial charge in [-0.3, -0.25) is 9.79 Å². The fraction of sp³-hybridized carbons (Fsp3) is 0.0833. The second-order valence-corrected chi connectivity index (χ2v) is 6.67. The molecule has 1 unspecified atom stereocenters. The van der Waals surface area contributed by atoms with E-state index in [1.807, 2.05) is 78.9 Å². The van der Waals surface area contributed by atoms with Crippen LogP contribution in [0.3, 0.4) is 0 Å². The topological polar surface area (TPSA) is 55.4 Å². The third-order valence-electron chi connectivity index (χ3n) is 4.78. The van der Waals surface area contributed by atoms with Gasteiger partial charge in [0, 0.05) is 18.3 Å². The quantitative estimate of drug-likeness (QED) is 0.686. The smallest absolute Gasteiger partial charge is 0.188 e. The number of ketones is 1. The van der Waals surface area contributed by atoms with Crippen LogP contribution in [0.1, 0.15) is 17.0 Å². The second kappa shape index (κ2) is 7.42. The van der Waals surface area contributed by atoms with Crippen molar-refractivity contribution in [3.05, 3.63) is 102 Å². The second-order valence-electron chi connectivity index (χ2n) is 6.67. The van der Waals surface area contributed by atoms with Gasteiger partial charge in [-0.1, -0.05) is 72.8 Å². The van der Waals surface area contributed by atoms with E-state index in [9.17, 15) is 4.79 Å². The number of hydrogen-bond acceptors (Lipinski definition) is 3. The number of aliphatic imine (C=N–C) groups is 1. The highest BCUT2D eigenvalue weighted by Gasteiger charge is 2.25. The number of Topliss-reactive ketones (excluding diaryl/α,β-unsaturated/α-hetero) is 1. The summed E-state index contributed by atoms with van der Waals surface area (Å²) in [5, 5.41) is 0.